The zero-order valence-corrected chi connectivity index (χ0v) is 15.5. The Bertz CT molecular complexity index is 973. The summed E-state index contributed by atoms with van der Waals surface area (Å²) in [6.45, 7) is 1.77. The Balaban J connectivity index is 1.70. The van der Waals surface area contributed by atoms with Gasteiger partial charge in [0, 0.05) is 12.5 Å². The minimum absolute atomic E-state index is 0.0926. The minimum atomic E-state index is -0.897. The van der Waals surface area contributed by atoms with Gasteiger partial charge in [0.2, 0.25) is 0 Å². The monoisotopic (exact) mass is 402 g/mol. The van der Waals surface area contributed by atoms with Crippen LogP contribution >= 0.6 is 0 Å². The van der Waals surface area contributed by atoms with E-state index >= 15 is 0 Å². The smallest absolute Gasteiger partial charge is 0.342 e. The SMILES string of the molecule is Cc1ccc(C(=O)OCC(=O)Nc2cc3c(cc2[N+](=O)[O-])OCCCO3)c(O)c1. The number of ether oxygens (including phenoxy) is 3. The van der Waals surface area contributed by atoms with Gasteiger partial charge < -0.3 is 24.6 Å². The summed E-state index contributed by atoms with van der Waals surface area (Å²) in [5.41, 5.74) is 0.159. The van der Waals surface area contributed by atoms with E-state index in [1.54, 1.807) is 13.0 Å². The Morgan fingerprint density at radius 1 is 1.21 bits per heavy atom. The lowest BCUT2D eigenvalue weighted by Crippen LogP contribution is -2.21. The molecule has 29 heavy (non-hydrogen) atoms. The molecule has 1 heterocycles. The van der Waals surface area contributed by atoms with Gasteiger partial charge in [-0.05, 0) is 24.6 Å². The average molecular weight is 402 g/mol. The van der Waals surface area contributed by atoms with Gasteiger partial charge >= 0.3 is 5.97 Å². The van der Waals surface area contributed by atoms with Crippen LogP contribution in [0.5, 0.6) is 17.2 Å². The number of nitro groups is 1. The highest BCUT2D eigenvalue weighted by Gasteiger charge is 2.23. The number of rotatable bonds is 5. The Morgan fingerprint density at radius 2 is 1.90 bits per heavy atom. The van der Waals surface area contributed by atoms with E-state index in [4.69, 9.17) is 14.2 Å². The Morgan fingerprint density at radius 3 is 2.55 bits per heavy atom. The fraction of sp³-hybridized carbons (Fsp3) is 0.263. The first kappa shape index (κ1) is 19.9. The number of nitrogens with one attached hydrogen (secondary N) is 1. The Hall–Kier alpha value is -3.82. The summed E-state index contributed by atoms with van der Waals surface area (Å²) >= 11 is 0. The quantitative estimate of drug-likeness (QED) is 0.442. The largest absolute Gasteiger partial charge is 0.507 e. The number of hydrogen-bond donors (Lipinski definition) is 2. The average Bonchev–Trinajstić information content (AvgIpc) is 2.90. The summed E-state index contributed by atoms with van der Waals surface area (Å²) in [4.78, 5) is 34.9. The number of nitrogens with zero attached hydrogens (tertiary/aromatic N) is 1. The van der Waals surface area contributed by atoms with Gasteiger partial charge in [0.05, 0.1) is 24.2 Å². The minimum Gasteiger partial charge on any atom is -0.507 e. The lowest BCUT2D eigenvalue weighted by molar-refractivity contribution is -0.384. The number of aromatic hydroxyl groups is 1. The molecule has 0 atom stereocenters. The number of nitro benzene ring substituents is 1. The second kappa shape index (κ2) is 8.46. The molecule has 152 valence electrons. The van der Waals surface area contributed by atoms with Crippen molar-refractivity contribution in [2.24, 2.45) is 0 Å². The third-order valence-corrected chi connectivity index (χ3v) is 4.04. The van der Waals surface area contributed by atoms with E-state index in [0.29, 0.717) is 19.6 Å². The summed E-state index contributed by atoms with van der Waals surface area (Å²) in [5, 5.41) is 23.5. The van der Waals surface area contributed by atoms with Gasteiger partial charge in [-0.25, -0.2) is 4.79 Å². The van der Waals surface area contributed by atoms with Gasteiger partial charge in [-0.3, -0.25) is 14.9 Å². The van der Waals surface area contributed by atoms with Crippen LogP contribution in [0.4, 0.5) is 11.4 Å². The fourth-order valence-corrected chi connectivity index (χ4v) is 2.66. The van der Waals surface area contributed by atoms with Crippen molar-refractivity contribution in [3.8, 4) is 17.2 Å². The van der Waals surface area contributed by atoms with Gasteiger partial charge in [-0.15, -0.1) is 0 Å². The van der Waals surface area contributed by atoms with Crippen molar-refractivity contribution in [2.75, 3.05) is 25.1 Å². The molecule has 1 aliphatic rings. The number of phenols is 1. The predicted octanol–water partition coefficient (Wildman–Crippen LogP) is 2.57. The summed E-state index contributed by atoms with van der Waals surface area (Å²) in [7, 11) is 0. The van der Waals surface area contributed by atoms with Crippen LogP contribution in [-0.2, 0) is 9.53 Å². The Kier molecular flexibility index (Phi) is 5.82. The molecule has 1 amide bonds. The Labute approximate surface area is 165 Å². The van der Waals surface area contributed by atoms with E-state index in [1.165, 1.54) is 24.3 Å². The molecule has 0 radical (unpaired) electrons. The molecule has 0 saturated carbocycles. The van der Waals surface area contributed by atoms with E-state index in [-0.39, 0.29) is 34.2 Å². The lowest BCUT2D eigenvalue weighted by Gasteiger charge is -2.11. The lowest BCUT2D eigenvalue weighted by atomic mass is 10.1. The van der Waals surface area contributed by atoms with Gasteiger partial charge in [-0.1, -0.05) is 6.07 Å². The number of aryl methyl sites for hydroxylation is 1. The van der Waals surface area contributed by atoms with Crippen molar-refractivity contribution < 1.29 is 33.8 Å². The van der Waals surface area contributed by atoms with Crippen molar-refractivity contribution in [1.29, 1.82) is 0 Å². The van der Waals surface area contributed by atoms with Crippen LogP contribution in [-0.4, -0.2) is 41.7 Å². The highest BCUT2D eigenvalue weighted by Crippen LogP contribution is 2.39. The maximum Gasteiger partial charge on any atom is 0.342 e. The zero-order valence-electron chi connectivity index (χ0n) is 15.5. The molecule has 0 bridgehead atoms. The first-order valence-electron chi connectivity index (χ1n) is 8.70. The number of esters is 1. The van der Waals surface area contributed by atoms with E-state index < -0.39 is 23.4 Å². The molecule has 0 aliphatic carbocycles. The molecule has 3 rings (SSSR count). The van der Waals surface area contributed by atoms with Crippen LogP contribution in [0.3, 0.4) is 0 Å². The molecule has 0 saturated heterocycles. The summed E-state index contributed by atoms with van der Waals surface area (Å²) in [5.74, 6) is -1.47. The topological polar surface area (TPSA) is 137 Å². The molecule has 0 spiro atoms. The molecule has 0 aromatic heterocycles. The number of fused-ring (bicyclic) bond motifs is 1. The standard InChI is InChI=1S/C19H18N2O8/c1-11-3-4-12(15(22)7-11)19(24)29-10-18(23)20-13-8-16-17(9-14(13)21(25)26)28-6-2-5-27-16/h3-4,7-9,22H,2,5-6,10H2,1H3,(H,20,23). The van der Waals surface area contributed by atoms with E-state index in [1.807, 2.05) is 0 Å². The number of carbonyl (C=O) groups is 2. The van der Waals surface area contributed by atoms with Crippen molar-refractivity contribution in [3.05, 3.63) is 51.6 Å². The fourth-order valence-electron chi connectivity index (χ4n) is 2.66. The van der Waals surface area contributed by atoms with Crippen LogP contribution < -0.4 is 14.8 Å². The van der Waals surface area contributed by atoms with E-state index in [9.17, 15) is 24.8 Å². The molecule has 1 aliphatic heterocycles. The number of benzene rings is 2. The number of carbonyl (C=O) groups excluding carboxylic acids is 2. The molecule has 2 N–H and O–H groups in total. The molecule has 0 fully saturated rings. The van der Waals surface area contributed by atoms with Crippen LogP contribution in [0.2, 0.25) is 0 Å². The highest BCUT2D eigenvalue weighted by molar-refractivity contribution is 5.98. The van der Waals surface area contributed by atoms with Crippen LogP contribution in [0.25, 0.3) is 0 Å². The number of anilines is 1. The first-order chi connectivity index (χ1) is 13.8. The normalized spacial score (nSPS) is 12.6. The van der Waals surface area contributed by atoms with Crippen LogP contribution in [0, 0.1) is 17.0 Å². The summed E-state index contributed by atoms with van der Waals surface area (Å²) < 4.78 is 15.8. The number of phenolic OH excluding ortho intramolecular Hbond substituents is 1. The molecule has 10 nitrogen and oxygen atoms in total. The van der Waals surface area contributed by atoms with Crippen molar-refractivity contribution in [3.63, 3.8) is 0 Å². The summed E-state index contributed by atoms with van der Waals surface area (Å²) in [6.07, 6.45) is 0.617. The van der Waals surface area contributed by atoms with Gasteiger partial charge in [0.25, 0.3) is 11.6 Å². The third-order valence-electron chi connectivity index (χ3n) is 4.04. The highest BCUT2D eigenvalue weighted by atomic mass is 16.6. The van der Waals surface area contributed by atoms with E-state index in [0.717, 1.165) is 5.56 Å². The van der Waals surface area contributed by atoms with Crippen LogP contribution in [0.15, 0.2) is 30.3 Å². The first-order valence-corrected chi connectivity index (χ1v) is 8.70. The second-order valence-corrected chi connectivity index (χ2v) is 6.27. The third kappa shape index (κ3) is 4.72. The molecular formula is C19H18N2O8. The maximum atomic E-state index is 12.2. The zero-order chi connectivity index (χ0) is 21.0. The number of hydrogen-bond acceptors (Lipinski definition) is 8. The van der Waals surface area contributed by atoms with Crippen LogP contribution in [0.1, 0.15) is 22.3 Å². The number of amides is 1. The maximum absolute atomic E-state index is 12.2. The summed E-state index contributed by atoms with van der Waals surface area (Å²) in [6, 6.07) is 6.84. The van der Waals surface area contributed by atoms with Crippen molar-refractivity contribution in [2.45, 2.75) is 13.3 Å². The van der Waals surface area contributed by atoms with Crippen molar-refractivity contribution >= 4 is 23.3 Å². The van der Waals surface area contributed by atoms with Gasteiger partial charge in [0.15, 0.2) is 18.1 Å². The van der Waals surface area contributed by atoms with Gasteiger partial charge in [0.1, 0.15) is 17.0 Å². The van der Waals surface area contributed by atoms with Crippen molar-refractivity contribution in [1.82, 2.24) is 0 Å². The van der Waals surface area contributed by atoms with E-state index in [2.05, 4.69) is 5.32 Å². The second-order valence-electron chi connectivity index (χ2n) is 6.27. The predicted molar refractivity (Wildman–Crippen MR) is 100 cm³/mol. The molecule has 2 aromatic rings. The molecule has 0 unspecified atom stereocenters. The molecular weight excluding hydrogens is 384 g/mol. The molecule has 10 heteroatoms. The molecule has 2 aromatic carbocycles. The van der Waals surface area contributed by atoms with Gasteiger partial charge in [-0.2, -0.15) is 0 Å².